The molecule has 3 heteroatoms. The van der Waals surface area contributed by atoms with Gasteiger partial charge in [-0.1, -0.05) is 44.2 Å². The van der Waals surface area contributed by atoms with Gasteiger partial charge in [-0.15, -0.1) is 0 Å². The maximum absolute atomic E-state index is 10.7. The number of rotatable bonds is 7. The first-order valence-corrected chi connectivity index (χ1v) is 6.19. The van der Waals surface area contributed by atoms with Crippen molar-refractivity contribution in [3.05, 3.63) is 35.9 Å². The van der Waals surface area contributed by atoms with Gasteiger partial charge in [0, 0.05) is 12.5 Å². The first kappa shape index (κ1) is 13.7. The van der Waals surface area contributed by atoms with Crippen LogP contribution in [0.25, 0.3) is 0 Å². The van der Waals surface area contributed by atoms with Crippen LogP contribution >= 0.6 is 0 Å². The molecule has 3 nitrogen and oxygen atoms in total. The van der Waals surface area contributed by atoms with E-state index >= 15 is 0 Å². The van der Waals surface area contributed by atoms with Gasteiger partial charge >= 0.3 is 5.97 Å². The number of carboxylic acid groups (broad SMARTS) is 1. The Morgan fingerprint density at radius 3 is 2.29 bits per heavy atom. The molecule has 1 unspecified atom stereocenters. The SMILES string of the molecule is CCN(CC)C(CCC(=O)O)c1ccccc1. The normalized spacial score (nSPS) is 12.6. The van der Waals surface area contributed by atoms with Crippen molar-refractivity contribution in [1.29, 1.82) is 0 Å². The molecule has 0 bridgehead atoms. The van der Waals surface area contributed by atoms with E-state index in [0.29, 0.717) is 6.42 Å². The average molecular weight is 235 g/mol. The Balaban J connectivity index is 2.81. The molecule has 1 N–H and O–H groups in total. The van der Waals surface area contributed by atoms with E-state index in [0.717, 1.165) is 13.1 Å². The molecule has 0 fully saturated rings. The average Bonchev–Trinajstić information content (AvgIpc) is 2.35. The summed E-state index contributed by atoms with van der Waals surface area (Å²) >= 11 is 0. The van der Waals surface area contributed by atoms with Gasteiger partial charge in [-0.25, -0.2) is 0 Å². The van der Waals surface area contributed by atoms with E-state index in [4.69, 9.17) is 5.11 Å². The minimum Gasteiger partial charge on any atom is -0.481 e. The number of nitrogens with zero attached hydrogens (tertiary/aromatic N) is 1. The molecule has 0 spiro atoms. The van der Waals surface area contributed by atoms with Crippen LogP contribution in [0.1, 0.15) is 38.3 Å². The molecule has 0 aliphatic heterocycles. The molecule has 0 saturated heterocycles. The summed E-state index contributed by atoms with van der Waals surface area (Å²) in [6.45, 7) is 6.10. The molecule has 94 valence electrons. The molecule has 17 heavy (non-hydrogen) atoms. The van der Waals surface area contributed by atoms with Crippen molar-refractivity contribution in [3.8, 4) is 0 Å². The molecule has 0 saturated carbocycles. The Morgan fingerprint density at radius 1 is 1.24 bits per heavy atom. The third kappa shape index (κ3) is 4.19. The first-order valence-electron chi connectivity index (χ1n) is 6.19. The van der Waals surface area contributed by atoms with Crippen LogP contribution in [0, 0.1) is 0 Å². The van der Waals surface area contributed by atoms with Crippen molar-refractivity contribution >= 4 is 5.97 Å². The van der Waals surface area contributed by atoms with E-state index in [1.165, 1.54) is 5.56 Å². The maximum atomic E-state index is 10.7. The van der Waals surface area contributed by atoms with Crippen LogP contribution in [0.15, 0.2) is 30.3 Å². The second kappa shape index (κ2) is 7.07. The van der Waals surface area contributed by atoms with Crippen molar-refractivity contribution in [1.82, 2.24) is 4.90 Å². The largest absolute Gasteiger partial charge is 0.481 e. The van der Waals surface area contributed by atoms with Crippen molar-refractivity contribution < 1.29 is 9.90 Å². The van der Waals surface area contributed by atoms with Gasteiger partial charge in [-0.2, -0.15) is 0 Å². The Labute approximate surface area is 103 Å². The smallest absolute Gasteiger partial charge is 0.303 e. The fourth-order valence-corrected chi connectivity index (χ4v) is 2.16. The molecule has 1 rings (SSSR count). The third-order valence-electron chi connectivity index (χ3n) is 3.07. The zero-order valence-corrected chi connectivity index (χ0v) is 10.6. The maximum Gasteiger partial charge on any atom is 0.303 e. The Morgan fingerprint density at radius 2 is 1.82 bits per heavy atom. The Bertz CT molecular complexity index is 333. The first-order chi connectivity index (χ1) is 8.19. The number of hydrogen-bond donors (Lipinski definition) is 1. The van der Waals surface area contributed by atoms with Gasteiger partial charge in [0.1, 0.15) is 0 Å². The third-order valence-corrected chi connectivity index (χ3v) is 3.07. The molecule has 0 aliphatic carbocycles. The van der Waals surface area contributed by atoms with Gasteiger partial charge < -0.3 is 5.11 Å². The van der Waals surface area contributed by atoms with E-state index in [9.17, 15) is 4.79 Å². The van der Waals surface area contributed by atoms with Gasteiger partial charge in [0.05, 0.1) is 0 Å². The van der Waals surface area contributed by atoms with Crippen LogP contribution in [0.5, 0.6) is 0 Å². The Hall–Kier alpha value is -1.35. The van der Waals surface area contributed by atoms with E-state index < -0.39 is 5.97 Å². The van der Waals surface area contributed by atoms with Crippen molar-refractivity contribution in [2.75, 3.05) is 13.1 Å². The lowest BCUT2D eigenvalue weighted by atomic mass is 10.0. The van der Waals surface area contributed by atoms with Crippen LogP contribution < -0.4 is 0 Å². The van der Waals surface area contributed by atoms with Gasteiger partial charge in [-0.05, 0) is 25.1 Å². The van der Waals surface area contributed by atoms with Gasteiger partial charge in [0.2, 0.25) is 0 Å². The van der Waals surface area contributed by atoms with E-state index in [2.05, 4.69) is 30.9 Å². The minimum atomic E-state index is -0.724. The van der Waals surface area contributed by atoms with Crippen molar-refractivity contribution in [2.24, 2.45) is 0 Å². The highest BCUT2D eigenvalue weighted by Crippen LogP contribution is 2.25. The molecule has 0 aromatic heterocycles. The fourth-order valence-electron chi connectivity index (χ4n) is 2.16. The zero-order chi connectivity index (χ0) is 12.7. The van der Waals surface area contributed by atoms with Crippen LogP contribution in [0.2, 0.25) is 0 Å². The number of hydrogen-bond acceptors (Lipinski definition) is 2. The number of carbonyl (C=O) groups is 1. The second-order valence-electron chi connectivity index (χ2n) is 4.08. The lowest BCUT2D eigenvalue weighted by Gasteiger charge is -2.29. The van der Waals surface area contributed by atoms with Crippen LogP contribution in [0.3, 0.4) is 0 Å². The van der Waals surface area contributed by atoms with E-state index in [-0.39, 0.29) is 12.5 Å². The predicted molar refractivity (Wildman–Crippen MR) is 69.0 cm³/mol. The summed E-state index contributed by atoms with van der Waals surface area (Å²) in [7, 11) is 0. The predicted octanol–water partition coefficient (Wildman–Crippen LogP) is 2.93. The molecule has 0 radical (unpaired) electrons. The molecule has 1 aromatic rings. The lowest BCUT2D eigenvalue weighted by molar-refractivity contribution is -0.137. The molecule has 0 amide bonds. The molecule has 0 heterocycles. The quantitative estimate of drug-likeness (QED) is 0.790. The monoisotopic (exact) mass is 235 g/mol. The summed E-state index contributed by atoms with van der Waals surface area (Å²) in [4.78, 5) is 13.0. The van der Waals surface area contributed by atoms with Crippen LogP contribution in [-0.4, -0.2) is 29.1 Å². The summed E-state index contributed by atoms with van der Waals surface area (Å²) in [5.74, 6) is -0.724. The molecule has 1 atom stereocenters. The molecular formula is C14H21NO2. The summed E-state index contributed by atoms with van der Waals surface area (Å²) in [6, 6.07) is 10.4. The zero-order valence-electron chi connectivity index (χ0n) is 10.6. The van der Waals surface area contributed by atoms with Gasteiger partial charge in [0.15, 0.2) is 0 Å². The minimum absolute atomic E-state index is 0.210. The lowest BCUT2D eigenvalue weighted by Crippen LogP contribution is -2.29. The highest BCUT2D eigenvalue weighted by molar-refractivity contribution is 5.66. The van der Waals surface area contributed by atoms with Crippen LogP contribution in [-0.2, 0) is 4.79 Å². The second-order valence-corrected chi connectivity index (χ2v) is 4.08. The van der Waals surface area contributed by atoms with E-state index in [1.807, 2.05) is 18.2 Å². The molecule has 1 aromatic carbocycles. The highest BCUT2D eigenvalue weighted by atomic mass is 16.4. The molecule has 0 aliphatic rings. The van der Waals surface area contributed by atoms with Gasteiger partial charge in [0.25, 0.3) is 0 Å². The number of aliphatic carboxylic acids is 1. The molecular weight excluding hydrogens is 214 g/mol. The fraction of sp³-hybridized carbons (Fsp3) is 0.500. The standard InChI is InChI=1S/C14H21NO2/c1-3-15(4-2)13(10-11-14(16)17)12-8-6-5-7-9-12/h5-9,13H,3-4,10-11H2,1-2H3,(H,16,17). The Kier molecular flexibility index (Phi) is 5.70. The van der Waals surface area contributed by atoms with Crippen molar-refractivity contribution in [3.63, 3.8) is 0 Å². The summed E-state index contributed by atoms with van der Waals surface area (Å²) in [6.07, 6.45) is 0.886. The van der Waals surface area contributed by atoms with E-state index in [1.54, 1.807) is 0 Å². The number of benzene rings is 1. The highest BCUT2D eigenvalue weighted by Gasteiger charge is 2.18. The summed E-state index contributed by atoms with van der Waals surface area (Å²) in [5, 5.41) is 8.82. The number of carboxylic acids is 1. The van der Waals surface area contributed by atoms with Crippen molar-refractivity contribution in [2.45, 2.75) is 32.7 Å². The van der Waals surface area contributed by atoms with Gasteiger partial charge in [-0.3, -0.25) is 9.69 Å². The van der Waals surface area contributed by atoms with Crippen LogP contribution in [0.4, 0.5) is 0 Å². The summed E-state index contributed by atoms with van der Waals surface area (Å²) in [5.41, 5.74) is 1.21. The summed E-state index contributed by atoms with van der Waals surface area (Å²) < 4.78 is 0. The topological polar surface area (TPSA) is 40.5 Å².